The highest BCUT2D eigenvalue weighted by molar-refractivity contribution is 7.98. The maximum absolute atomic E-state index is 12.1. The molecule has 0 spiro atoms. The first-order valence-corrected chi connectivity index (χ1v) is 9.06. The van der Waals surface area contributed by atoms with Gasteiger partial charge in [-0.1, -0.05) is 13.8 Å². The van der Waals surface area contributed by atoms with Crippen molar-refractivity contribution >= 4 is 21.8 Å². The van der Waals surface area contributed by atoms with Crippen LogP contribution in [0.2, 0.25) is 0 Å². The first-order chi connectivity index (χ1) is 8.86. The van der Waals surface area contributed by atoms with Gasteiger partial charge in [0.05, 0.1) is 6.54 Å². The van der Waals surface area contributed by atoms with E-state index in [1.54, 1.807) is 24.8 Å². The minimum absolute atomic E-state index is 0.231. The van der Waals surface area contributed by atoms with Gasteiger partial charge in [-0.15, -0.1) is 0 Å². The first kappa shape index (κ1) is 16.6. The topological polar surface area (TPSA) is 71.3 Å². The predicted octanol–water partition coefficient (Wildman–Crippen LogP) is 1.73. The highest BCUT2D eigenvalue weighted by Gasteiger charge is 2.20. The second-order valence-electron chi connectivity index (χ2n) is 4.56. The predicted molar refractivity (Wildman–Crippen MR) is 79.0 cm³/mol. The molecule has 0 bridgehead atoms. The van der Waals surface area contributed by atoms with Gasteiger partial charge in [-0.3, -0.25) is 0 Å². The summed E-state index contributed by atoms with van der Waals surface area (Å²) >= 11 is 1.60. The summed E-state index contributed by atoms with van der Waals surface area (Å²) in [5.74, 6) is 1.81. The zero-order valence-electron chi connectivity index (χ0n) is 11.8. The molecule has 0 aliphatic rings. The lowest BCUT2D eigenvalue weighted by atomic mass is 10.3. The van der Waals surface area contributed by atoms with Crippen molar-refractivity contribution in [3.05, 3.63) is 17.6 Å². The van der Waals surface area contributed by atoms with Gasteiger partial charge in [0.25, 0.3) is 0 Å². The number of rotatable bonds is 8. The van der Waals surface area contributed by atoms with Gasteiger partial charge in [-0.05, 0) is 13.2 Å². The molecule has 2 N–H and O–H groups in total. The zero-order valence-corrected chi connectivity index (χ0v) is 13.5. The summed E-state index contributed by atoms with van der Waals surface area (Å²) in [4.78, 5) is 0.231. The molecule has 0 fully saturated rings. The van der Waals surface area contributed by atoms with E-state index in [1.807, 2.05) is 20.1 Å². The summed E-state index contributed by atoms with van der Waals surface area (Å²) in [6, 6.07) is 1.91. The van der Waals surface area contributed by atoms with E-state index in [-0.39, 0.29) is 4.90 Å². The third kappa shape index (κ3) is 5.18. The molecule has 0 saturated carbocycles. The van der Waals surface area contributed by atoms with Crippen LogP contribution in [0.3, 0.4) is 0 Å². The fraction of sp³-hybridized carbons (Fsp3) is 0.667. The summed E-state index contributed by atoms with van der Waals surface area (Å²) in [7, 11) is -3.47. The van der Waals surface area contributed by atoms with Gasteiger partial charge in [0.2, 0.25) is 10.0 Å². The monoisotopic (exact) mass is 306 g/mol. The van der Waals surface area contributed by atoms with E-state index >= 15 is 0 Å². The number of sulfonamides is 1. The summed E-state index contributed by atoms with van der Waals surface area (Å²) in [6.07, 6.45) is 1.94. The van der Waals surface area contributed by atoms with E-state index in [0.717, 1.165) is 5.75 Å². The third-order valence-corrected chi connectivity index (χ3v) is 4.68. The Hall–Kier alpha value is -0.500. The molecule has 1 rings (SSSR count). The number of nitrogens with one attached hydrogen (secondary N) is 2. The van der Waals surface area contributed by atoms with Crippen LogP contribution < -0.4 is 10.0 Å². The Bertz CT molecular complexity index is 495. The molecule has 0 saturated heterocycles. The van der Waals surface area contributed by atoms with E-state index in [1.165, 1.54) is 0 Å². The van der Waals surface area contributed by atoms with Crippen LogP contribution in [-0.2, 0) is 16.6 Å². The second kappa shape index (κ2) is 7.33. The normalized spacial score (nSPS) is 12.3. The lowest BCUT2D eigenvalue weighted by Gasteiger charge is -2.04. The molecular weight excluding hydrogens is 284 g/mol. The maximum Gasteiger partial charge on any atom is 0.244 e. The Kier molecular flexibility index (Phi) is 6.38. The van der Waals surface area contributed by atoms with E-state index in [4.69, 9.17) is 4.42 Å². The van der Waals surface area contributed by atoms with Gasteiger partial charge in [0, 0.05) is 24.4 Å². The van der Waals surface area contributed by atoms with Crippen LogP contribution in [0.1, 0.15) is 25.4 Å². The molecule has 0 aromatic carbocycles. The molecular formula is C12H22N2O3S2. The smallest absolute Gasteiger partial charge is 0.244 e. The molecule has 0 aliphatic carbocycles. The summed E-state index contributed by atoms with van der Waals surface area (Å²) in [5.41, 5.74) is 0. The van der Waals surface area contributed by atoms with E-state index in [9.17, 15) is 8.42 Å². The van der Waals surface area contributed by atoms with Crippen LogP contribution in [-0.4, -0.2) is 33.0 Å². The molecule has 19 heavy (non-hydrogen) atoms. The molecule has 0 unspecified atom stereocenters. The van der Waals surface area contributed by atoms with Crippen LogP contribution >= 0.6 is 11.8 Å². The van der Waals surface area contributed by atoms with Crippen LogP contribution in [0.4, 0.5) is 0 Å². The van der Waals surface area contributed by atoms with Crippen LogP contribution in [0, 0.1) is 6.92 Å². The van der Waals surface area contributed by atoms with Crippen molar-refractivity contribution in [3.63, 3.8) is 0 Å². The number of aryl methyl sites for hydroxylation is 1. The van der Waals surface area contributed by atoms with Crippen molar-refractivity contribution in [1.29, 1.82) is 0 Å². The molecule has 1 aromatic heterocycles. The maximum atomic E-state index is 12.1. The van der Waals surface area contributed by atoms with Gasteiger partial charge >= 0.3 is 0 Å². The minimum Gasteiger partial charge on any atom is -0.464 e. The lowest BCUT2D eigenvalue weighted by molar-refractivity contribution is 0.444. The van der Waals surface area contributed by atoms with Crippen molar-refractivity contribution in [3.8, 4) is 0 Å². The highest BCUT2D eigenvalue weighted by Crippen LogP contribution is 2.19. The van der Waals surface area contributed by atoms with Crippen LogP contribution in [0.25, 0.3) is 0 Å². The molecule has 5 nitrogen and oxygen atoms in total. The molecule has 110 valence electrons. The Morgan fingerprint density at radius 3 is 2.68 bits per heavy atom. The van der Waals surface area contributed by atoms with E-state index in [0.29, 0.717) is 30.7 Å². The standard InChI is InChI=1S/C12H22N2O3S2/c1-9(2)13-8-11-7-12(10(3)17-11)19(15,16)14-5-6-18-4/h7,9,13-14H,5-6,8H2,1-4H3. The molecule has 0 aliphatic heterocycles. The van der Waals surface area contributed by atoms with Gasteiger partial charge in [-0.2, -0.15) is 11.8 Å². The summed E-state index contributed by atoms with van der Waals surface area (Å²) in [6.45, 7) is 6.67. The largest absolute Gasteiger partial charge is 0.464 e. The molecule has 0 radical (unpaired) electrons. The molecule has 1 heterocycles. The second-order valence-corrected chi connectivity index (χ2v) is 7.28. The number of thioether (sulfide) groups is 1. The summed E-state index contributed by atoms with van der Waals surface area (Å²) in [5, 5.41) is 3.19. The zero-order chi connectivity index (χ0) is 14.5. The first-order valence-electron chi connectivity index (χ1n) is 6.18. The van der Waals surface area contributed by atoms with Crippen molar-refractivity contribution < 1.29 is 12.8 Å². The Balaban J connectivity index is 2.77. The number of hydrogen-bond acceptors (Lipinski definition) is 5. The number of furan rings is 1. The molecule has 7 heteroatoms. The van der Waals surface area contributed by atoms with E-state index < -0.39 is 10.0 Å². The highest BCUT2D eigenvalue weighted by atomic mass is 32.2. The van der Waals surface area contributed by atoms with Crippen molar-refractivity contribution in [2.75, 3.05) is 18.6 Å². The van der Waals surface area contributed by atoms with Crippen molar-refractivity contribution in [1.82, 2.24) is 10.0 Å². The average Bonchev–Trinajstić information content (AvgIpc) is 2.69. The third-order valence-electron chi connectivity index (χ3n) is 2.50. The Labute approximate surface area is 119 Å². The fourth-order valence-corrected chi connectivity index (χ4v) is 3.21. The Morgan fingerprint density at radius 1 is 1.42 bits per heavy atom. The van der Waals surface area contributed by atoms with Gasteiger partial charge < -0.3 is 9.73 Å². The summed E-state index contributed by atoms with van der Waals surface area (Å²) < 4.78 is 32.2. The number of hydrogen-bond donors (Lipinski definition) is 2. The molecule has 0 amide bonds. The van der Waals surface area contributed by atoms with Gasteiger partial charge in [0.1, 0.15) is 16.4 Å². The van der Waals surface area contributed by atoms with Crippen LogP contribution in [0.5, 0.6) is 0 Å². The quantitative estimate of drug-likeness (QED) is 0.716. The Morgan fingerprint density at radius 2 is 2.11 bits per heavy atom. The molecule has 0 atom stereocenters. The SMILES string of the molecule is CSCCNS(=O)(=O)c1cc(CNC(C)C)oc1C. The fourth-order valence-electron chi connectivity index (χ4n) is 1.54. The average molecular weight is 306 g/mol. The van der Waals surface area contributed by atoms with Crippen molar-refractivity contribution in [2.45, 2.75) is 38.3 Å². The minimum atomic E-state index is -3.47. The van der Waals surface area contributed by atoms with Crippen LogP contribution in [0.15, 0.2) is 15.4 Å². The van der Waals surface area contributed by atoms with E-state index in [2.05, 4.69) is 10.0 Å². The van der Waals surface area contributed by atoms with Gasteiger partial charge in [0.15, 0.2) is 0 Å². The molecule has 1 aromatic rings. The lowest BCUT2D eigenvalue weighted by Crippen LogP contribution is -2.26. The van der Waals surface area contributed by atoms with Crippen molar-refractivity contribution in [2.24, 2.45) is 0 Å². The van der Waals surface area contributed by atoms with Gasteiger partial charge in [-0.25, -0.2) is 13.1 Å².